The average Bonchev–Trinajstić information content (AvgIpc) is 3.10. The lowest BCUT2D eigenvalue weighted by atomic mass is 10.0. The number of hydrogen-bond donors (Lipinski definition) is 2. The van der Waals surface area contributed by atoms with Crippen molar-refractivity contribution in [1.29, 1.82) is 0 Å². The molecular formula is C22H17BrN4O3S. The highest BCUT2D eigenvalue weighted by molar-refractivity contribution is 9.10. The number of phenolic OH excluding ortho intramolecular Hbond substituents is 1. The Hall–Kier alpha value is -3.30. The monoisotopic (exact) mass is 496 g/mol. The van der Waals surface area contributed by atoms with Crippen LogP contribution in [0.4, 0.5) is 0 Å². The smallest absolute Gasteiger partial charge is 0.263 e. The van der Waals surface area contributed by atoms with Crippen LogP contribution in [0.1, 0.15) is 10.4 Å². The molecule has 7 nitrogen and oxygen atoms in total. The first-order chi connectivity index (χ1) is 14.9. The van der Waals surface area contributed by atoms with Crippen molar-refractivity contribution in [2.24, 2.45) is 5.10 Å². The Balaban J connectivity index is 1.58. The molecule has 0 spiro atoms. The van der Waals surface area contributed by atoms with Crippen LogP contribution in [-0.4, -0.2) is 26.8 Å². The third kappa shape index (κ3) is 4.42. The fourth-order valence-electron chi connectivity index (χ4n) is 3.20. The van der Waals surface area contributed by atoms with Crippen molar-refractivity contribution in [3.63, 3.8) is 0 Å². The fourth-order valence-corrected chi connectivity index (χ4v) is 4.58. The maximum absolute atomic E-state index is 13.1. The summed E-state index contributed by atoms with van der Waals surface area (Å²) in [5, 5.41) is 14.2. The number of carbonyl (C=O) groups is 1. The zero-order valence-corrected chi connectivity index (χ0v) is 18.8. The molecule has 2 N–H and O–H groups in total. The van der Waals surface area contributed by atoms with Crippen LogP contribution in [0.5, 0.6) is 5.75 Å². The van der Waals surface area contributed by atoms with Crippen LogP contribution < -0.4 is 11.0 Å². The number of nitrogens with one attached hydrogen (secondary N) is 1. The van der Waals surface area contributed by atoms with Gasteiger partial charge in [-0.2, -0.15) is 5.10 Å². The highest BCUT2D eigenvalue weighted by Gasteiger charge is 2.17. The number of hydrogen-bond acceptors (Lipinski definition) is 6. The summed E-state index contributed by atoms with van der Waals surface area (Å²) in [5.74, 6) is -0.449. The van der Waals surface area contributed by atoms with Crippen LogP contribution in [0.25, 0.3) is 21.3 Å². The predicted molar refractivity (Wildman–Crippen MR) is 126 cm³/mol. The highest BCUT2D eigenvalue weighted by Crippen LogP contribution is 2.35. The van der Waals surface area contributed by atoms with Gasteiger partial charge in [0.25, 0.3) is 11.5 Å². The van der Waals surface area contributed by atoms with Crippen LogP contribution in [-0.2, 0) is 11.3 Å². The molecule has 4 rings (SSSR count). The molecule has 0 saturated carbocycles. The summed E-state index contributed by atoms with van der Waals surface area (Å²) in [4.78, 5) is 31.5. The lowest BCUT2D eigenvalue weighted by Gasteiger charge is -2.06. The van der Waals surface area contributed by atoms with Gasteiger partial charge in [0.1, 0.15) is 17.1 Å². The number of benzene rings is 2. The number of fused-ring (bicyclic) bond motifs is 1. The van der Waals surface area contributed by atoms with Gasteiger partial charge in [-0.1, -0.05) is 46.3 Å². The van der Waals surface area contributed by atoms with E-state index in [9.17, 15) is 14.7 Å². The number of aryl methyl sites for hydroxylation is 1. The molecule has 4 aromatic rings. The van der Waals surface area contributed by atoms with Gasteiger partial charge >= 0.3 is 0 Å². The summed E-state index contributed by atoms with van der Waals surface area (Å²) in [6, 6.07) is 14.5. The molecule has 1 amide bonds. The molecule has 2 aromatic carbocycles. The van der Waals surface area contributed by atoms with Crippen molar-refractivity contribution >= 4 is 49.6 Å². The summed E-state index contributed by atoms with van der Waals surface area (Å²) in [6.07, 6.45) is 2.71. The molecule has 0 atom stereocenters. The van der Waals surface area contributed by atoms with Crippen molar-refractivity contribution in [2.75, 3.05) is 0 Å². The van der Waals surface area contributed by atoms with E-state index in [-0.39, 0.29) is 17.9 Å². The number of thiophene rings is 1. The first kappa shape index (κ1) is 21.0. The molecule has 2 heterocycles. The van der Waals surface area contributed by atoms with Crippen molar-refractivity contribution in [1.82, 2.24) is 15.0 Å². The van der Waals surface area contributed by atoms with Gasteiger partial charge in [0.2, 0.25) is 0 Å². The summed E-state index contributed by atoms with van der Waals surface area (Å²) >= 11 is 4.76. The number of nitrogens with zero attached hydrogens (tertiary/aromatic N) is 3. The number of aromatic hydroxyl groups is 1. The van der Waals surface area contributed by atoms with Crippen molar-refractivity contribution in [3.05, 3.63) is 80.1 Å². The standard InChI is InChI=1S/C22H17BrN4O3S/c1-13-19(14-5-3-2-4-6-14)20-21(31-13)24-12-27(22(20)30)11-18(29)26-25-10-15-9-16(23)7-8-17(15)28/h2-10,12,28H,11H2,1H3,(H,26,29)/b25-10+. The Labute approximate surface area is 189 Å². The molecule has 0 unspecified atom stereocenters. The summed E-state index contributed by atoms with van der Waals surface area (Å²) < 4.78 is 2.03. The second kappa shape index (κ2) is 8.83. The zero-order valence-electron chi connectivity index (χ0n) is 16.4. The molecule has 0 aliphatic carbocycles. The summed E-state index contributed by atoms with van der Waals surface area (Å²) in [5.41, 5.74) is 4.31. The molecule has 0 saturated heterocycles. The second-order valence-electron chi connectivity index (χ2n) is 6.75. The third-order valence-corrected chi connectivity index (χ3v) is 6.12. The maximum Gasteiger partial charge on any atom is 0.263 e. The van der Waals surface area contributed by atoms with Gasteiger partial charge in [0, 0.05) is 20.5 Å². The Bertz CT molecular complexity index is 1360. The first-order valence-corrected chi connectivity index (χ1v) is 10.9. The molecule has 0 aliphatic heterocycles. The predicted octanol–water partition coefficient (Wildman–Crippen LogP) is 4.05. The minimum atomic E-state index is -0.484. The Morgan fingerprint density at radius 1 is 1.29 bits per heavy atom. The lowest BCUT2D eigenvalue weighted by molar-refractivity contribution is -0.121. The van der Waals surface area contributed by atoms with E-state index in [0.29, 0.717) is 15.8 Å². The fraction of sp³-hybridized carbons (Fsp3) is 0.0909. The van der Waals surface area contributed by atoms with E-state index in [0.717, 1.165) is 20.5 Å². The van der Waals surface area contributed by atoms with E-state index >= 15 is 0 Å². The Kier molecular flexibility index (Phi) is 5.97. The lowest BCUT2D eigenvalue weighted by Crippen LogP contribution is -2.30. The normalized spacial score (nSPS) is 11.3. The molecule has 9 heteroatoms. The van der Waals surface area contributed by atoms with E-state index in [1.165, 1.54) is 34.5 Å². The number of hydrazone groups is 1. The molecule has 0 radical (unpaired) electrons. The quantitative estimate of drug-likeness (QED) is 0.321. The van der Waals surface area contributed by atoms with Gasteiger partial charge in [-0.25, -0.2) is 10.4 Å². The largest absolute Gasteiger partial charge is 0.507 e. The first-order valence-electron chi connectivity index (χ1n) is 9.28. The van der Waals surface area contributed by atoms with Crippen LogP contribution in [0, 0.1) is 6.92 Å². The van der Waals surface area contributed by atoms with Crippen LogP contribution in [0.15, 0.2) is 69.2 Å². The van der Waals surface area contributed by atoms with Crippen LogP contribution in [0.2, 0.25) is 0 Å². The van der Waals surface area contributed by atoms with E-state index in [1.54, 1.807) is 12.1 Å². The Morgan fingerprint density at radius 2 is 2.06 bits per heavy atom. The minimum Gasteiger partial charge on any atom is -0.507 e. The van der Waals surface area contributed by atoms with E-state index < -0.39 is 5.91 Å². The van der Waals surface area contributed by atoms with Crippen LogP contribution >= 0.6 is 27.3 Å². The van der Waals surface area contributed by atoms with Gasteiger partial charge in [-0.05, 0) is 30.7 Å². The number of carbonyl (C=O) groups excluding carboxylic acids is 1. The molecule has 0 fully saturated rings. The number of phenols is 1. The summed E-state index contributed by atoms with van der Waals surface area (Å²) in [6.45, 7) is 1.73. The SMILES string of the molecule is Cc1sc2ncn(CC(=O)N/N=C/c3cc(Br)ccc3O)c(=O)c2c1-c1ccccc1. The minimum absolute atomic E-state index is 0.0355. The van der Waals surface area contributed by atoms with E-state index in [4.69, 9.17) is 0 Å². The van der Waals surface area contributed by atoms with Crippen molar-refractivity contribution < 1.29 is 9.90 Å². The molecule has 0 bridgehead atoms. The van der Waals surface area contributed by atoms with Gasteiger partial charge in [-0.15, -0.1) is 11.3 Å². The Morgan fingerprint density at radius 3 is 2.84 bits per heavy atom. The number of rotatable bonds is 5. The van der Waals surface area contributed by atoms with Gasteiger partial charge in [0.15, 0.2) is 0 Å². The van der Waals surface area contributed by atoms with Crippen molar-refractivity contribution in [2.45, 2.75) is 13.5 Å². The second-order valence-corrected chi connectivity index (χ2v) is 8.87. The van der Waals surface area contributed by atoms with E-state index in [2.05, 4.69) is 31.4 Å². The number of amides is 1. The third-order valence-electron chi connectivity index (χ3n) is 4.61. The molecule has 0 aliphatic rings. The zero-order chi connectivity index (χ0) is 22.0. The van der Waals surface area contributed by atoms with E-state index in [1.807, 2.05) is 37.3 Å². The molecule has 31 heavy (non-hydrogen) atoms. The van der Waals surface area contributed by atoms with Crippen molar-refractivity contribution in [3.8, 4) is 16.9 Å². The maximum atomic E-state index is 13.1. The summed E-state index contributed by atoms with van der Waals surface area (Å²) in [7, 11) is 0. The highest BCUT2D eigenvalue weighted by atomic mass is 79.9. The molecule has 2 aromatic heterocycles. The van der Waals surface area contributed by atoms with Gasteiger partial charge < -0.3 is 5.11 Å². The molecular weight excluding hydrogens is 480 g/mol. The number of halogens is 1. The van der Waals surface area contributed by atoms with Crippen LogP contribution in [0.3, 0.4) is 0 Å². The average molecular weight is 497 g/mol. The van der Waals surface area contributed by atoms with Gasteiger partial charge in [-0.3, -0.25) is 14.2 Å². The number of aromatic nitrogens is 2. The molecule has 156 valence electrons. The van der Waals surface area contributed by atoms with Gasteiger partial charge in [0.05, 0.1) is 17.9 Å². The topological polar surface area (TPSA) is 96.6 Å².